The predicted molar refractivity (Wildman–Crippen MR) is 53.7 cm³/mol. The van der Waals surface area contributed by atoms with Crippen LogP contribution in [-0.2, 0) is 6.18 Å². The molecule has 1 heterocycles. The first kappa shape index (κ1) is 10.7. The van der Waals surface area contributed by atoms with Crippen molar-refractivity contribution in [1.29, 1.82) is 0 Å². The molecule has 0 atom stereocenters. The Balaban J connectivity index is 2.75. The van der Waals surface area contributed by atoms with Crippen molar-refractivity contribution in [3.63, 3.8) is 0 Å². The zero-order valence-corrected chi connectivity index (χ0v) is 8.34. The molecule has 16 heavy (non-hydrogen) atoms. The molecule has 0 bridgehead atoms. The molecule has 2 rings (SSSR count). The van der Waals surface area contributed by atoms with Crippen LogP contribution in [0.4, 0.5) is 19.0 Å². The summed E-state index contributed by atoms with van der Waals surface area (Å²) < 4.78 is 37.2. The highest BCUT2D eigenvalue weighted by Gasteiger charge is 2.35. The van der Waals surface area contributed by atoms with Gasteiger partial charge in [-0.3, -0.25) is 0 Å². The van der Waals surface area contributed by atoms with Gasteiger partial charge in [-0.1, -0.05) is 6.07 Å². The second-order valence-corrected chi connectivity index (χ2v) is 3.45. The summed E-state index contributed by atoms with van der Waals surface area (Å²) in [6, 6.07) is 4.90. The summed E-state index contributed by atoms with van der Waals surface area (Å²) in [6.07, 6.45) is -4.58. The Bertz CT molecular complexity index is 549. The maximum absolute atomic E-state index is 12.4. The summed E-state index contributed by atoms with van der Waals surface area (Å²) in [5.74, 6) is -1.36. The second-order valence-electron chi connectivity index (χ2n) is 3.45. The lowest BCUT2D eigenvalue weighted by molar-refractivity contribution is -0.144. The molecular formula is C10H8F3N3. The Morgan fingerprint density at radius 3 is 2.50 bits per heavy atom. The number of fused-ring (bicyclic) bond motifs is 1. The van der Waals surface area contributed by atoms with Gasteiger partial charge in [-0.2, -0.15) is 13.2 Å². The fourth-order valence-corrected chi connectivity index (χ4v) is 1.39. The van der Waals surface area contributed by atoms with E-state index in [1.807, 2.05) is 0 Å². The third-order valence-electron chi connectivity index (χ3n) is 2.14. The van der Waals surface area contributed by atoms with E-state index in [0.29, 0.717) is 5.39 Å². The fraction of sp³-hybridized carbons (Fsp3) is 0.200. The fourth-order valence-electron chi connectivity index (χ4n) is 1.39. The Hall–Kier alpha value is -1.85. The highest BCUT2D eigenvalue weighted by atomic mass is 19.4. The number of anilines is 1. The Kier molecular flexibility index (Phi) is 2.22. The quantitative estimate of drug-likeness (QED) is 0.752. The molecule has 1 aromatic heterocycles. The molecule has 0 aliphatic rings. The van der Waals surface area contributed by atoms with Gasteiger partial charge in [-0.15, -0.1) is 0 Å². The van der Waals surface area contributed by atoms with Crippen molar-refractivity contribution in [3.05, 3.63) is 29.6 Å². The summed E-state index contributed by atoms with van der Waals surface area (Å²) in [4.78, 5) is 6.70. The minimum atomic E-state index is -4.58. The van der Waals surface area contributed by atoms with Crippen LogP contribution in [0.25, 0.3) is 10.9 Å². The lowest BCUT2D eigenvalue weighted by atomic mass is 10.1. The normalized spacial score (nSPS) is 12.0. The van der Waals surface area contributed by atoms with E-state index in [2.05, 4.69) is 9.97 Å². The van der Waals surface area contributed by atoms with Crippen LogP contribution in [0.3, 0.4) is 0 Å². The Labute approximate surface area is 89.1 Å². The van der Waals surface area contributed by atoms with Crippen LogP contribution < -0.4 is 5.73 Å². The van der Waals surface area contributed by atoms with Gasteiger partial charge in [0.15, 0.2) is 0 Å². The molecule has 0 radical (unpaired) electrons. The molecule has 0 unspecified atom stereocenters. The van der Waals surface area contributed by atoms with Crippen LogP contribution in [0.15, 0.2) is 18.2 Å². The predicted octanol–water partition coefficient (Wildman–Crippen LogP) is 2.54. The number of aryl methyl sites for hydroxylation is 1. The number of halogens is 3. The van der Waals surface area contributed by atoms with Crippen LogP contribution in [0.5, 0.6) is 0 Å². The van der Waals surface area contributed by atoms with Crippen molar-refractivity contribution in [2.45, 2.75) is 13.1 Å². The van der Waals surface area contributed by atoms with Crippen molar-refractivity contribution in [3.8, 4) is 0 Å². The maximum atomic E-state index is 12.4. The molecule has 3 nitrogen and oxygen atoms in total. The van der Waals surface area contributed by atoms with E-state index in [-0.39, 0.29) is 11.3 Å². The van der Waals surface area contributed by atoms with Crippen LogP contribution in [0, 0.1) is 6.92 Å². The van der Waals surface area contributed by atoms with E-state index < -0.39 is 12.0 Å². The van der Waals surface area contributed by atoms with Crippen molar-refractivity contribution < 1.29 is 13.2 Å². The zero-order chi connectivity index (χ0) is 11.9. The van der Waals surface area contributed by atoms with E-state index in [4.69, 9.17) is 5.73 Å². The lowest BCUT2D eigenvalue weighted by Crippen LogP contribution is -2.12. The maximum Gasteiger partial charge on any atom is 0.451 e. The molecule has 84 valence electrons. The molecule has 0 spiro atoms. The van der Waals surface area contributed by atoms with Crippen molar-refractivity contribution in [1.82, 2.24) is 9.97 Å². The van der Waals surface area contributed by atoms with Gasteiger partial charge < -0.3 is 5.73 Å². The van der Waals surface area contributed by atoms with Crippen LogP contribution in [0.1, 0.15) is 11.4 Å². The molecule has 1 aromatic carbocycles. The summed E-state index contributed by atoms with van der Waals surface area (Å²) in [6.45, 7) is 1.77. The zero-order valence-electron chi connectivity index (χ0n) is 8.34. The number of alkyl halides is 3. The van der Waals surface area contributed by atoms with Crippen LogP contribution in [0.2, 0.25) is 0 Å². The van der Waals surface area contributed by atoms with Crippen molar-refractivity contribution >= 4 is 16.7 Å². The van der Waals surface area contributed by atoms with Gasteiger partial charge in [0, 0.05) is 5.39 Å². The Morgan fingerprint density at radius 1 is 1.19 bits per heavy atom. The monoisotopic (exact) mass is 227 g/mol. The number of nitrogen functional groups attached to an aromatic ring is 1. The van der Waals surface area contributed by atoms with Gasteiger partial charge >= 0.3 is 6.18 Å². The summed E-state index contributed by atoms with van der Waals surface area (Å²) >= 11 is 0. The molecule has 2 aromatic rings. The lowest BCUT2D eigenvalue weighted by Gasteiger charge is -2.08. The molecular weight excluding hydrogens is 219 g/mol. The number of hydrogen-bond donors (Lipinski definition) is 1. The molecule has 0 aliphatic heterocycles. The number of aromatic nitrogens is 2. The van der Waals surface area contributed by atoms with Gasteiger partial charge in [0.05, 0.1) is 5.52 Å². The number of benzene rings is 1. The van der Waals surface area contributed by atoms with Gasteiger partial charge in [-0.05, 0) is 24.6 Å². The van der Waals surface area contributed by atoms with Gasteiger partial charge in [0.1, 0.15) is 5.82 Å². The van der Waals surface area contributed by atoms with Gasteiger partial charge in [0.2, 0.25) is 5.82 Å². The SMILES string of the molecule is Cc1ccc2c(N)nc(C(F)(F)F)nc2c1. The molecule has 0 fully saturated rings. The number of nitrogens with two attached hydrogens (primary N) is 1. The molecule has 0 saturated carbocycles. The average Bonchev–Trinajstić information content (AvgIpc) is 2.15. The van der Waals surface area contributed by atoms with Crippen molar-refractivity contribution in [2.75, 3.05) is 5.73 Å². The molecule has 2 N–H and O–H groups in total. The number of hydrogen-bond acceptors (Lipinski definition) is 3. The summed E-state index contributed by atoms with van der Waals surface area (Å²) in [5, 5.41) is 0.429. The first-order valence-corrected chi connectivity index (χ1v) is 4.49. The average molecular weight is 227 g/mol. The minimum Gasteiger partial charge on any atom is -0.383 e. The molecule has 0 amide bonds. The number of rotatable bonds is 0. The van der Waals surface area contributed by atoms with Crippen LogP contribution in [-0.4, -0.2) is 9.97 Å². The first-order valence-electron chi connectivity index (χ1n) is 4.49. The Morgan fingerprint density at radius 2 is 1.88 bits per heavy atom. The second kappa shape index (κ2) is 3.33. The molecule has 0 aliphatic carbocycles. The third kappa shape index (κ3) is 1.78. The summed E-state index contributed by atoms with van der Waals surface area (Å²) in [7, 11) is 0. The van der Waals surface area contributed by atoms with E-state index >= 15 is 0 Å². The minimum absolute atomic E-state index is 0.155. The highest BCUT2D eigenvalue weighted by Crippen LogP contribution is 2.29. The third-order valence-corrected chi connectivity index (χ3v) is 2.14. The topological polar surface area (TPSA) is 51.8 Å². The van der Waals surface area contributed by atoms with Gasteiger partial charge in [-0.25, -0.2) is 9.97 Å². The van der Waals surface area contributed by atoms with Crippen molar-refractivity contribution in [2.24, 2.45) is 0 Å². The van der Waals surface area contributed by atoms with E-state index in [0.717, 1.165) is 5.56 Å². The van der Waals surface area contributed by atoms with E-state index in [9.17, 15) is 13.2 Å². The molecule has 6 heteroatoms. The van der Waals surface area contributed by atoms with E-state index in [1.54, 1.807) is 25.1 Å². The largest absolute Gasteiger partial charge is 0.451 e. The first-order chi connectivity index (χ1) is 7.38. The van der Waals surface area contributed by atoms with Crippen LogP contribution >= 0.6 is 0 Å². The van der Waals surface area contributed by atoms with Gasteiger partial charge in [0.25, 0.3) is 0 Å². The van der Waals surface area contributed by atoms with E-state index in [1.165, 1.54) is 0 Å². The number of nitrogens with zero attached hydrogens (tertiary/aromatic N) is 2. The standard InChI is InChI=1S/C10H8F3N3/c1-5-2-3-6-7(4-5)15-9(10(11,12)13)16-8(6)14/h2-4H,1H3,(H2,14,15,16). The summed E-state index contributed by atoms with van der Waals surface area (Å²) in [5.41, 5.74) is 6.48. The molecule has 0 saturated heterocycles. The smallest absolute Gasteiger partial charge is 0.383 e. The highest BCUT2D eigenvalue weighted by molar-refractivity contribution is 5.88.